The number of nitrogens with one attached hydrogen (secondary N) is 1. The molecule has 0 aliphatic carbocycles. The third-order valence-corrected chi connectivity index (χ3v) is 2.93. The van der Waals surface area contributed by atoms with Gasteiger partial charge >= 0.3 is 18.2 Å². The predicted molar refractivity (Wildman–Crippen MR) is 80.2 cm³/mol. The van der Waals surface area contributed by atoms with E-state index in [9.17, 15) is 22.8 Å². The van der Waals surface area contributed by atoms with E-state index in [0.717, 1.165) is 12.1 Å². The number of alkyl carbamates (subject to hydrolysis) is 1. The van der Waals surface area contributed by atoms with Crippen LogP contribution < -0.4 is 5.32 Å². The van der Waals surface area contributed by atoms with Crippen molar-refractivity contribution >= 4 is 12.1 Å². The number of esters is 1. The lowest BCUT2D eigenvalue weighted by Crippen LogP contribution is -2.36. The highest BCUT2D eigenvalue weighted by Crippen LogP contribution is 2.30. The van der Waals surface area contributed by atoms with E-state index in [-0.39, 0.29) is 6.42 Å². The predicted octanol–water partition coefficient (Wildman–Crippen LogP) is 3.83. The van der Waals surface area contributed by atoms with E-state index in [2.05, 4.69) is 10.1 Å². The highest BCUT2D eigenvalue weighted by atomic mass is 19.4. The highest BCUT2D eigenvalue weighted by molar-refractivity contribution is 5.73. The fraction of sp³-hybridized carbons (Fsp3) is 0.500. The number of carbonyl (C=O) groups is 2. The lowest BCUT2D eigenvalue weighted by atomic mass is 10.0. The monoisotopic (exact) mass is 347 g/mol. The lowest BCUT2D eigenvalue weighted by molar-refractivity contribution is -0.141. The summed E-state index contributed by atoms with van der Waals surface area (Å²) in [5.74, 6) is -0.615. The number of alkyl halides is 3. The molecule has 5 nitrogen and oxygen atoms in total. The van der Waals surface area contributed by atoms with Crippen LogP contribution in [-0.4, -0.2) is 24.8 Å². The molecule has 1 unspecified atom stereocenters. The average Bonchev–Trinajstić information content (AvgIpc) is 2.43. The van der Waals surface area contributed by atoms with Gasteiger partial charge < -0.3 is 14.8 Å². The molecule has 1 N–H and O–H groups in total. The van der Waals surface area contributed by atoms with E-state index in [0.29, 0.717) is 5.56 Å². The van der Waals surface area contributed by atoms with E-state index in [1.807, 2.05) is 0 Å². The molecule has 0 saturated heterocycles. The lowest BCUT2D eigenvalue weighted by Gasteiger charge is -2.23. The van der Waals surface area contributed by atoms with Crippen LogP contribution in [0.15, 0.2) is 24.3 Å². The van der Waals surface area contributed by atoms with Crippen molar-refractivity contribution in [3.8, 4) is 0 Å². The van der Waals surface area contributed by atoms with Crippen LogP contribution in [0.3, 0.4) is 0 Å². The van der Waals surface area contributed by atoms with Gasteiger partial charge in [-0.1, -0.05) is 12.1 Å². The zero-order valence-corrected chi connectivity index (χ0v) is 13.9. The molecule has 1 aromatic rings. The van der Waals surface area contributed by atoms with Crippen molar-refractivity contribution in [1.29, 1.82) is 0 Å². The van der Waals surface area contributed by atoms with Gasteiger partial charge in [-0.3, -0.25) is 4.79 Å². The van der Waals surface area contributed by atoms with Crippen molar-refractivity contribution in [2.75, 3.05) is 7.11 Å². The highest BCUT2D eigenvalue weighted by Gasteiger charge is 2.30. The fourth-order valence-corrected chi connectivity index (χ4v) is 1.86. The van der Waals surface area contributed by atoms with Gasteiger partial charge in [-0.05, 0) is 38.5 Å². The molecule has 1 amide bonds. The first-order valence-corrected chi connectivity index (χ1v) is 7.16. The van der Waals surface area contributed by atoms with Crippen LogP contribution in [0.1, 0.15) is 44.4 Å². The summed E-state index contributed by atoms with van der Waals surface area (Å²) in [5.41, 5.74) is -1.24. The summed E-state index contributed by atoms with van der Waals surface area (Å²) in [4.78, 5) is 23.4. The molecular weight excluding hydrogens is 327 g/mol. The van der Waals surface area contributed by atoms with Crippen molar-refractivity contribution in [3.63, 3.8) is 0 Å². The molecule has 0 heterocycles. The quantitative estimate of drug-likeness (QED) is 0.841. The van der Waals surface area contributed by atoms with E-state index in [4.69, 9.17) is 4.74 Å². The Morgan fingerprint density at radius 2 is 1.67 bits per heavy atom. The van der Waals surface area contributed by atoms with E-state index in [1.54, 1.807) is 20.8 Å². The van der Waals surface area contributed by atoms with Crippen LogP contribution in [0, 0.1) is 0 Å². The summed E-state index contributed by atoms with van der Waals surface area (Å²) in [6, 6.07) is 3.31. The average molecular weight is 347 g/mol. The Hall–Kier alpha value is -2.25. The van der Waals surface area contributed by atoms with Crippen LogP contribution in [0.5, 0.6) is 0 Å². The van der Waals surface area contributed by atoms with Crippen LogP contribution in [0.4, 0.5) is 18.0 Å². The number of amides is 1. The maximum Gasteiger partial charge on any atom is 0.416 e. The second-order valence-corrected chi connectivity index (χ2v) is 6.10. The molecule has 0 bridgehead atoms. The van der Waals surface area contributed by atoms with Gasteiger partial charge in [0.25, 0.3) is 0 Å². The summed E-state index contributed by atoms with van der Waals surface area (Å²) >= 11 is 0. The van der Waals surface area contributed by atoms with Crippen molar-refractivity contribution in [1.82, 2.24) is 5.32 Å². The Balaban J connectivity index is 2.97. The number of benzene rings is 1. The standard InChI is InChI=1S/C16H20F3NO4/c1-15(2,3)24-14(22)20-12(9-13(21)23-4)10-5-7-11(8-6-10)16(17,18)19/h5-8,12H,9H2,1-4H3,(H,20,22). The Bertz CT molecular complexity index is 576. The molecule has 0 aliphatic heterocycles. The van der Waals surface area contributed by atoms with Crippen LogP contribution >= 0.6 is 0 Å². The number of hydrogen-bond acceptors (Lipinski definition) is 4. The molecule has 8 heteroatoms. The first-order valence-electron chi connectivity index (χ1n) is 7.16. The number of ether oxygens (including phenoxy) is 2. The van der Waals surface area contributed by atoms with Gasteiger partial charge in [-0.25, -0.2) is 4.79 Å². The van der Waals surface area contributed by atoms with Gasteiger partial charge in [0.15, 0.2) is 0 Å². The first kappa shape index (κ1) is 19.8. The molecule has 134 valence electrons. The fourth-order valence-electron chi connectivity index (χ4n) is 1.86. The number of carbonyl (C=O) groups excluding carboxylic acids is 2. The van der Waals surface area contributed by atoms with Gasteiger partial charge in [0, 0.05) is 0 Å². The van der Waals surface area contributed by atoms with Crippen LogP contribution in [-0.2, 0) is 20.4 Å². The molecule has 24 heavy (non-hydrogen) atoms. The Morgan fingerprint density at radius 1 is 1.12 bits per heavy atom. The van der Waals surface area contributed by atoms with Crippen molar-refractivity contribution in [2.24, 2.45) is 0 Å². The van der Waals surface area contributed by atoms with E-state index < -0.39 is 35.4 Å². The molecule has 1 aromatic carbocycles. The van der Waals surface area contributed by atoms with Gasteiger partial charge in [-0.15, -0.1) is 0 Å². The van der Waals surface area contributed by atoms with E-state index in [1.165, 1.54) is 19.2 Å². The van der Waals surface area contributed by atoms with Crippen LogP contribution in [0.25, 0.3) is 0 Å². The topological polar surface area (TPSA) is 64.6 Å². The number of rotatable bonds is 4. The second kappa shape index (κ2) is 7.55. The van der Waals surface area contributed by atoms with Gasteiger partial charge in [0.2, 0.25) is 0 Å². The van der Waals surface area contributed by atoms with Crippen LogP contribution in [0.2, 0.25) is 0 Å². The van der Waals surface area contributed by atoms with Gasteiger partial charge in [0.1, 0.15) is 5.60 Å². The summed E-state index contributed by atoms with van der Waals surface area (Å²) < 4.78 is 47.5. The molecule has 0 saturated carbocycles. The SMILES string of the molecule is COC(=O)CC(NC(=O)OC(C)(C)C)c1ccc(C(F)(F)F)cc1. The normalized spacial score (nSPS) is 13.1. The molecule has 0 spiro atoms. The molecule has 0 fully saturated rings. The Labute approximate surface area is 138 Å². The minimum absolute atomic E-state index is 0.235. The molecular formula is C16H20F3NO4. The molecule has 1 atom stereocenters. The van der Waals surface area contributed by atoms with Crippen molar-refractivity contribution < 1.29 is 32.2 Å². The Morgan fingerprint density at radius 3 is 2.08 bits per heavy atom. The number of halogens is 3. The molecule has 1 rings (SSSR count). The minimum atomic E-state index is -4.46. The summed E-state index contributed by atoms with van der Waals surface area (Å²) in [5, 5.41) is 2.47. The van der Waals surface area contributed by atoms with Gasteiger partial charge in [0.05, 0.1) is 25.1 Å². The van der Waals surface area contributed by atoms with Crippen molar-refractivity contribution in [3.05, 3.63) is 35.4 Å². The second-order valence-electron chi connectivity index (χ2n) is 6.10. The number of methoxy groups -OCH3 is 1. The third kappa shape index (κ3) is 6.47. The molecule has 0 aromatic heterocycles. The molecule has 0 radical (unpaired) electrons. The zero-order valence-electron chi connectivity index (χ0n) is 13.9. The van der Waals surface area contributed by atoms with E-state index >= 15 is 0 Å². The minimum Gasteiger partial charge on any atom is -0.469 e. The smallest absolute Gasteiger partial charge is 0.416 e. The summed E-state index contributed by atoms with van der Waals surface area (Å²) in [7, 11) is 1.18. The zero-order chi connectivity index (χ0) is 18.5. The first-order chi connectivity index (χ1) is 10.9. The van der Waals surface area contributed by atoms with Gasteiger partial charge in [-0.2, -0.15) is 13.2 Å². The summed E-state index contributed by atoms with van der Waals surface area (Å²) in [6.07, 6.45) is -5.48. The molecule has 0 aliphatic rings. The largest absolute Gasteiger partial charge is 0.469 e. The van der Waals surface area contributed by atoms with Crippen molar-refractivity contribution in [2.45, 2.75) is 45.0 Å². The maximum atomic E-state index is 12.6. The Kier molecular flexibility index (Phi) is 6.22. The maximum absolute atomic E-state index is 12.6. The summed E-state index contributed by atoms with van der Waals surface area (Å²) in [6.45, 7) is 5.00. The third-order valence-electron chi connectivity index (χ3n) is 2.93. The number of hydrogen-bond donors (Lipinski definition) is 1.